The fourth-order valence-electron chi connectivity index (χ4n) is 0.454. The zero-order valence-electron chi connectivity index (χ0n) is 6.43. The number of carbonyl (C=O) groups excluding carboxylic acids is 2. The lowest BCUT2D eigenvalue weighted by Gasteiger charge is -2.05. The second-order valence-electron chi connectivity index (χ2n) is 2.01. The van der Waals surface area contributed by atoms with Crippen LogP contribution in [0.2, 0.25) is 0 Å². The third-order valence-corrected chi connectivity index (χ3v) is 0.896. The average molecular weight is 197 g/mol. The minimum atomic E-state index is -4.41. The number of halogens is 3. The van der Waals surface area contributed by atoms with E-state index in [4.69, 9.17) is 0 Å². The highest BCUT2D eigenvalue weighted by Crippen LogP contribution is 2.14. The number of ether oxygens (including phenoxy) is 1. The quantitative estimate of drug-likeness (QED) is 0.381. The summed E-state index contributed by atoms with van der Waals surface area (Å²) in [7, 11) is 0. The van der Waals surface area contributed by atoms with Crippen molar-refractivity contribution in [2.24, 2.45) is 4.99 Å². The molecule has 0 spiro atoms. The van der Waals surface area contributed by atoms with Crippen LogP contribution in [-0.4, -0.2) is 31.4 Å². The van der Waals surface area contributed by atoms with Crippen LogP contribution in [0, 0.1) is 0 Å². The number of isocyanates is 1. The third kappa shape index (κ3) is 8.71. The third-order valence-electron chi connectivity index (χ3n) is 0.896. The summed E-state index contributed by atoms with van der Waals surface area (Å²) in [6.45, 7) is -1.82. The van der Waals surface area contributed by atoms with Crippen molar-refractivity contribution in [2.45, 2.75) is 12.6 Å². The summed E-state index contributed by atoms with van der Waals surface area (Å²) in [6, 6.07) is 0. The Morgan fingerprint density at radius 1 is 1.46 bits per heavy atom. The molecule has 1 amide bonds. The van der Waals surface area contributed by atoms with Gasteiger partial charge in [-0.1, -0.05) is 0 Å². The van der Waals surface area contributed by atoms with E-state index in [1.54, 1.807) is 0 Å². The Balaban J connectivity index is 3.47. The lowest BCUT2D eigenvalue weighted by molar-refractivity contribution is -0.174. The van der Waals surface area contributed by atoms with Crippen molar-refractivity contribution < 1.29 is 27.5 Å². The predicted octanol–water partition coefficient (Wildman–Crippen LogP) is 0.818. The molecular formula is C6H6F3NO3. The minimum absolute atomic E-state index is 0.356. The van der Waals surface area contributed by atoms with Crippen molar-refractivity contribution in [1.29, 1.82) is 0 Å². The van der Waals surface area contributed by atoms with Gasteiger partial charge in [-0.25, -0.2) is 4.79 Å². The molecule has 0 saturated carbocycles. The van der Waals surface area contributed by atoms with E-state index in [1.165, 1.54) is 0 Å². The molecule has 0 aromatic rings. The van der Waals surface area contributed by atoms with Gasteiger partial charge < -0.3 is 4.74 Å². The summed E-state index contributed by atoms with van der Waals surface area (Å²) in [5.41, 5.74) is 0. The number of aliphatic imine (C=N–C) groups is 1. The van der Waals surface area contributed by atoms with Crippen LogP contribution in [0.5, 0.6) is 0 Å². The fourth-order valence-corrected chi connectivity index (χ4v) is 0.454. The van der Waals surface area contributed by atoms with E-state index < -0.39 is 25.3 Å². The lowest BCUT2D eigenvalue weighted by Crippen LogP contribution is -2.18. The number of amides is 1. The van der Waals surface area contributed by atoms with Crippen molar-refractivity contribution in [1.82, 2.24) is 0 Å². The number of alkyl halides is 3. The van der Waals surface area contributed by atoms with Gasteiger partial charge in [-0.3, -0.25) is 4.79 Å². The molecule has 0 fully saturated rings. The highest BCUT2D eigenvalue weighted by molar-refractivity contribution is 5.81. The van der Waals surface area contributed by atoms with Crippen molar-refractivity contribution in [3.05, 3.63) is 0 Å². The van der Waals surface area contributed by atoms with Gasteiger partial charge in [0.25, 0.3) is 5.91 Å². The van der Waals surface area contributed by atoms with Crippen LogP contribution in [-0.2, 0) is 14.3 Å². The SMILES string of the molecule is O=C=NC(=O)CCOCC(F)(F)F. The van der Waals surface area contributed by atoms with Crippen LogP contribution >= 0.6 is 0 Å². The normalized spacial score (nSPS) is 10.7. The van der Waals surface area contributed by atoms with Gasteiger partial charge in [0.1, 0.15) is 6.61 Å². The second-order valence-corrected chi connectivity index (χ2v) is 2.01. The molecule has 0 aliphatic rings. The number of hydrogen-bond acceptors (Lipinski definition) is 3. The number of rotatable bonds is 4. The molecule has 0 heterocycles. The Hall–Kier alpha value is -1.20. The number of carbonyl (C=O) groups is 1. The van der Waals surface area contributed by atoms with E-state index in [1.807, 2.05) is 0 Å². The molecule has 0 N–H and O–H groups in total. The molecule has 0 bridgehead atoms. The van der Waals surface area contributed by atoms with Gasteiger partial charge in [0.15, 0.2) is 0 Å². The van der Waals surface area contributed by atoms with Gasteiger partial charge in [0.05, 0.1) is 13.0 Å². The number of nitrogens with zero attached hydrogens (tertiary/aromatic N) is 1. The van der Waals surface area contributed by atoms with Gasteiger partial charge in [0.2, 0.25) is 6.08 Å². The first-order valence-corrected chi connectivity index (χ1v) is 3.21. The maximum absolute atomic E-state index is 11.4. The molecule has 0 aliphatic carbocycles. The van der Waals surface area contributed by atoms with Crippen molar-refractivity contribution in [3.63, 3.8) is 0 Å². The molecule has 4 nitrogen and oxygen atoms in total. The maximum atomic E-state index is 11.4. The van der Waals surface area contributed by atoms with E-state index in [2.05, 4.69) is 9.73 Å². The largest absolute Gasteiger partial charge is 0.411 e. The van der Waals surface area contributed by atoms with Gasteiger partial charge in [-0.05, 0) is 0 Å². The minimum Gasteiger partial charge on any atom is -0.371 e. The molecule has 0 rings (SSSR count). The topological polar surface area (TPSA) is 55.7 Å². The summed E-state index contributed by atoms with van der Waals surface area (Å²) < 4.78 is 38.4. The molecular weight excluding hydrogens is 191 g/mol. The monoisotopic (exact) mass is 197 g/mol. The Kier molecular flexibility index (Phi) is 4.94. The van der Waals surface area contributed by atoms with Crippen molar-refractivity contribution in [2.75, 3.05) is 13.2 Å². The Bertz CT molecular complexity index is 220. The molecule has 0 aromatic heterocycles. The van der Waals surface area contributed by atoms with Crippen molar-refractivity contribution in [3.8, 4) is 0 Å². The van der Waals surface area contributed by atoms with Crippen LogP contribution in [0.3, 0.4) is 0 Å². The van der Waals surface area contributed by atoms with E-state index in [-0.39, 0.29) is 6.42 Å². The summed E-state index contributed by atoms with van der Waals surface area (Å²) in [4.78, 5) is 22.5. The molecule has 0 atom stereocenters. The molecule has 0 aromatic carbocycles. The maximum Gasteiger partial charge on any atom is 0.411 e. The Morgan fingerprint density at radius 2 is 2.08 bits per heavy atom. The smallest absolute Gasteiger partial charge is 0.371 e. The molecule has 0 radical (unpaired) electrons. The summed E-state index contributed by atoms with van der Waals surface area (Å²) in [5.74, 6) is -0.850. The van der Waals surface area contributed by atoms with Crippen LogP contribution in [0.15, 0.2) is 4.99 Å². The molecule has 0 unspecified atom stereocenters. The lowest BCUT2D eigenvalue weighted by atomic mass is 10.4. The summed E-state index contributed by atoms with van der Waals surface area (Å²) in [6.07, 6.45) is -3.79. The van der Waals surface area contributed by atoms with Crippen LogP contribution in [0.25, 0.3) is 0 Å². The first-order chi connectivity index (χ1) is 5.95. The van der Waals surface area contributed by atoms with Crippen LogP contribution in [0.4, 0.5) is 13.2 Å². The van der Waals surface area contributed by atoms with Gasteiger partial charge in [-0.15, -0.1) is 4.99 Å². The van der Waals surface area contributed by atoms with E-state index in [0.29, 0.717) is 0 Å². The zero-order chi connectivity index (χ0) is 10.3. The predicted molar refractivity (Wildman–Crippen MR) is 34.6 cm³/mol. The van der Waals surface area contributed by atoms with E-state index >= 15 is 0 Å². The first-order valence-electron chi connectivity index (χ1n) is 3.21. The Morgan fingerprint density at radius 3 is 2.54 bits per heavy atom. The average Bonchev–Trinajstić information content (AvgIpc) is 1.97. The molecule has 0 aliphatic heterocycles. The standard InChI is InChI=1S/C6H6F3NO3/c7-6(8,9)3-13-2-1-5(12)10-4-11/h1-3H2. The first kappa shape index (κ1) is 11.8. The highest BCUT2D eigenvalue weighted by atomic mass is 19.4. The van der Waals surface area contributed by atoms with Gasteiger partial charge in [0, 0.05) is 0 Å². The molecule has 0 saturated heterocycles. The number of hydrogen-bond donors (Lipinski definition) is 0. The van der Waals surface area contributed by atoms with Gasteiger partial charge >= 0.3 is 6.18 Å². The van der Waals surface area contributed by atoms with E-state index in [0.717, 1.165) is 6.08 Å². The van der Waals surface area contributed by atoms with Gasteiger partial charge in [-0.2, -0.15) is 13.2 Å². The summed E-state index contributed by atoms with van der Waals surface area (Å²) >= 11 is 0. The molecule has 74 valence electrons. The fraction of sp³-hybridized carbons (Fsp3) is 0.667. The molecule has 13 heavy (non-hydrogen) atoms. The molecule has 7 heteroatoms. The van der Waals surface area contributed by atoms with Crippen molar-refractivity contribution >= 4 is 12.0 Å². The van der Waals surface area contributed by atoms with Crippen LogP contribution in [0.1, 0.15) is 6.42 Å². The van der Waals surface area contributed by atoms with E-state index in [9.17, 15) is 22.8 Å². The highest BCUT2D eigenvalue weighted by Gasteiger charge is 2.27. The zero-order valence-corrected chi connectivity index (χ0v) is 6.43. The second kappa shape index (κ2) is 5.45. The summed E-state index contributed by atoms with van der Waals surface area (Å²) in [5, 5.41) is 0. The van der Waals surface area contributed by atoms with Crippen LogP contribution < -0.4 is 0 Å². The Labute approximate surface area is 71.4 Å².